The summed E-state index contributed by atoms with van der Waals surface area (Å²) in [5, 5.41) is 9.60. The molecule has 204 valence electrons. The molecule has 12 nitrogen and oxygen atoms in total. The minimum atomic E-state index is -2.24. The molecular weight excluding hydrogens is 494 g/mol. The Morgan fingerprint density at radius 2 is 1.79 bits per heavy atom. The Bertz CT molecular complexity index is 1210. The van der Waals surface area contributed by atoms with Crippen LogP contribution >= 0.6 is 0 Å². The highest BCUT2D eigenvalue weighted by atomic mass is 16.6. The van der Waals surface area contributed by atoms with Gasteiger partial charge in [0.05, 0.1) is 18.8 Å². The lowest BCUT2D eigenvalue weighted by Crippen LogP contribution is -2.58. The molecule has 2 aromatic carbocycles. The van der Waals surface area contributed by atoms with Crippen LogP contribution in [0.15, 0.2) is 53.5 Å². The van der Waals surface area contributed by atoms with Gasteiger partial charge in [-0.3, -0.25) is 4.90 Å². The lowest BCUT2D eigenvalue weighted by molar-refractivity contribution is -0.169. The van der Waals surface area contributed by atoms with Gasteiger partial charge in [-0.2, -0.15) is 0 Å². The summed E-state index contributed by atoms with van der Waals surface area (Å²) in [5.74, 6) is -2.09. The van der Waals surface area contributed by atoms with E-state index in [2.05, 4.69) is 4.99 Å². The Morgan fingerprint density at radius 3 is 2.39 bits per heavy atom. The van der Waals surface area contributed by atoms with E-state index in [9.17, 15) is 19.5 Å². The highest BCUT2D eigenvalue weighted by Gasteiger charge is 2.45. The zero-order chi connectivity index (χ0) is 28.1. The number of aliphatic carboxylic acids is 1. The molecule has 0 radical (unpaired) electrons. The smallest absolute Gasteiger partial charge is 0.414 e. The van der Waals surface area contributed by atoms with Crippen LogP contribution in [0.5, 0.6) is 5.75 Å². The molecule has 0 aromatic heterocycles. The fourth-order valence-electron chi connectivity index (χ4n) is 3.71. The van der Waals surface area contributed by atoms with Crippen LogP contribution in [0.1, 0.15) is 31.9 Å². The SMILES string of the molecule is CC(C)(C)OC(=O)C(N)(Cc1ccc(OCC2CN(c3ccccc3CN=C(N)N)C(=O)O2)cc1)C(=O)O. The molecule has 2 aromatic rings. The summed E-state index contributed by atoms with van der Waals surface area (Å²) < 4.78 is 16.4. The second kappa shape index (κ2) is 11.4. The second-order valence-electron chi connectivity index (χ2n) is 9.90. The maximum atomic E-state index is 12.5. The van der Waals surface area contributed by atoms with E-state index in [1.54, 1.807) is 57.2 Å². The maximum Gasteiger partial charge on any atom is 0.414 e. The normalized spacial score (nSPS) is 16.8. The molecule has 0 aliphatic carbocycles. The van der Waals surface area contributed by atoms with E-state index in [4.69, 9.17) is 31.4 Å². The minimum absolute atomic E-state index is 0.0500. The van der Waals surface area contributed by atoms with Crippen molar-refractivity contribution in [2.75, 3.05) is 18.1 Å². The third kappa shape index (κ3) is 7.13. The Morgan fingerprint density at radius 1 is 1.13 bits per heavy atom. The first-order valence-electron chi connectivity index (χ1n) is 11.9. The molecule has 38 heavy (non-hydrogen) atoms. The Hall–Kier alpha value is -4.32. The number of amides is 1. The highest BCUT2D eigenvalue weighted by Crippen LogP contribution is 2.27. The van der Waals surface area contributed by atoms with Crippen molar-refractivity contribution in [1.82, 2.24) is 0 Å². The van der Waals surface area contributed by atoms with Gasteiger partial charge in [0.2, 0.25) is 5.54 Å². The number of cyclic esters (lactones) is 1. The number of aliphatic imine (C=N–C) groups is 1. The van der Waals surface area contributed by atoms with Gasteiger partial charge >= 0.3 is 18.0 Å². The van der Waals surface area contributed by atoms with Crippen LogP contribution in [0.2, 0.25) is 0 Å². The molecule has 0 saturated carbocycles. The molecule has 1 heterocycles. The van der Waals surface area contributed by atoms with E-state index in [1.807, 2.05) is 12.1 Å². The monoisotopic (exact) mass is 527 g/mol. The van der Waals surface area contributed by atoms with Crippen LogP contribution in [0.25, 0.3) is 0 Å². The first-order chi connectivity index (χ1) is 17.8. The van der Waals surface area contributed by atoms with Gasteiger partial charge < -0.3 is 36.5 Å². The predicted molar refractivity (Wildman–Crippen MR) is 140 cm³/mol. The lowest BCUT2D eigenvalue weighted by Gasteiger charge is -2.28. The number of hydrogen-bond acceptors (Lipinski definition) is 8. The molecule has 1 amide bonds. The number of hydrogen-bond donors (Lipinski definition) is 4. The standard InChI is InChI=1S/C26H33N5O7/c1-25(2,3)38-22(34)26(29,21(32)33)12-16-8-10-18(11-9-16)36-15-19-14-31(24(35)37-19)20-7-5-4-6-17(20)13-30-23(27)28/h4-11,19H,12-15,29H2,1-3H3,(H,32,33)(H4,27,28,30). The number of carbonyl (C=O) groups is 3. The maximum absolute atomic E-state index is 12.5. The number of carbonyl (C=O) groups excluding carboxylic acids is 2. The number of guanidine groups is 1. The molecule has 1 aliphatic rings. The summed E-state index contributed by atoms with van der Waals surface area (Å²) >= 11 is 0. The number of para-hydroxylation sites is 1. The lowest BCUT2D eigenvalue weighted by atomic mass is 9.91. The van der Waals surface area contributed by atoms with Crippen LogP contribution in [0.3, 0.4) is 0 Å². The van der Waals surface area contributed by atoms with Crippen LogP contribution in [0, 0.1) is 0 Å². The second-order valence-corrected chi connectivity index (χ2v) is 9.90. The van der Waals surface area contributed by atoms with E-state index in [0.29, 0.717) is 17.0 Å². The minimum Gasteiger partial charge on any atom is -0.490 e. The average Bonchev–Trinajstić information content (AvgIpc) is 3.21. The summed E-state index contributed by atoms with van der Waals surface area (Å²) in [7, 11) is 0. The van der Waals surface area contributed by atoms with Gasteiger partial charge in [-0.15, -0.1) is 0 Å². The number of carboxylic acid groups (broad SMARTS) is 1. The summed E-state index contributed by atoms with van der Waals surface area (Å²) in [6.45, 7) is 5.46. The first-order valence-corrected chi connectivity index (χ1v) is 11.9. The highest BCUT2D eigenvalue weighted by molar-refractivity contribution is 6.04. The van der Waals surface area contributed by atoms with Crippen molar-refractivity contribution < 1.29 is 33.7 Å². The van der Waals surface area contributed by atoms with Crippen LogP contribution in [0.4, 0.5) is 10.5 Å². The number of esters is 1. The molecule has 3 rings (SSSR count). The van der Waals surface area contributed by atoms with Gasteiger partial charge in [-0.25, -0.2) is 19.4 Å². The summed E-state index contributed by atoms with van der Waals surface area (Å²) in [6.07, 6.45) is -1.32. The molecule has 1 fully saturated rings. The van der Waals surface area contributed by atoms with Gasteiger partial charge in [0, 0.05) is 6.42 Å². The number of anilines is 1. The summed E-state index contributed by atoms with van der Waals surface area (Å²) in [5.41, 5.74) is 15.6. The zero-order valence-corrected chi connectivity index (χ0v) is 21.5. The third-order valence-electron chi connectivity index (χ3n) is 5.58. The zero-order valence-electron chi connectivity index (χ0n) is 21.5. The molecule has 0 spiro atoms. The summed E-state index contributed by atoms with van der Waals surface area (Å²) in [4.78, 5) is 42.3. The average molecular weight is 528 g/mol. The fourth-order valence-corrected chi connectivity index (χ4v) is 3.71. The van der Waals surface area contributed by atoms with E-state index in [1.165, 1.54) is 4.90 Å². The third-order valence-corrected chi connectivity index (χ3v) is 5.58. The van der Waals surface area contributed by atoms with Crippen molar-refractivity contribution in [3.63, 3.8) is 0 Å². The molecule has 1 aliphatic heterocycles. The molecule has 7 N–H and O–H groups in total. The number of carboxylic acids is 1. The fraction of sp³-hybridized carbons (Fsp3) is 0.385. The molecule has 0 bridgehead atoms. The Labute approximate surface area is 220 Å². The molecule has 12 heteroatoms. The van der Waals surface area contributed by atoms with Gasteiger partial charge in [0.25, 0.3) is 0 Å². The topological polar surface area (TPSA) is 193 Å². The number of ether oxygens (including phenoxy) is 3. The van der Waals surface area contributed by atoms with Crippen molar-refractivity contribution in [3.05, 3.63) is 59.7 Å². The first kappa shape index (κ1) is 28.3. The quantitative estimate of drug-likeness (QED) is 0.152. The van der Waals surface area contributed by atoms with Gasteiger partial charge in [0.1, 0.15) is 18.0 Å². The van der Waals surface area contributed by atoms with Crippen molar-refractivity contribution in [2.24, 2.45) is 22.2 Å². The molecular formula is C26H33N5O7. The number of rotatable bonds is 10. The molecule has 1 saturated heterocycles. The number of nitrogens with two attached hydrogens (primary N) is 3. The van der Waals surface area contributed by atoms with E-state index in [-0.39, 0.29) is 32.1 Å². The van der Waals surface area contributed by atoms with Crippen molar-refractivity contribution in [2.45, 2.75) is 51.0 Å². The molecule has 2 atom stereocenters. The van der Waals surface area contributed by atoms with E-state index in [0.717, 1.165) is 5.56 Å². The van der Waals surface area contributed by atoms with Crippen molar-refractivity contribution >= 4 is 29.7 Å². The van der Waals surface area contributed by atoms with Crippen LogP contribution in [-0.2, 0) is 32.0 Å². The predicted octanol–water partition coefficient (Wildman–Crippen LogP) is 1.53. The number of nitrogens with zero attached hydrogens (tertiary/aromatic N) is 2. The van der Waals surface area contributed by atoms with Gasteiger partial charge in [0.15, 0.2) is 12.1 Å². The van der Waals surface area contributed by atoms with Crippen molar-refractivity contribution in [3.8, 4) is 5.75 Å². The van der Waals surface area contributed by atoms with Crippen LogP contribution in [-0.4, -0.2) is 59.5 Å². The largest absolute Gasteiger partial charge is 0.490 e. The Kier molecular flexibility index (Phi) is 8.46. The molecule has 2 unspecified atom stereocenters. The van der Waals surface area contributed by atoms with E-state index >= 15 is 0 Å². The van der Waals surface area contributed by atoms with E-state index < -0.39 is 35.3 Å². The van der Waals surface area contributed by atoms with Crippen molar-refractivity contribution in [1.29, 1.82) is 0 Å². The van der Waals surface area contributed by atoms with Gasteiger partial charge in [-0.1, -0.05) is 30.3 Å². The van der Waals surface area contributed by atoms with Gasteiger partial charge in [-0.05, 0) is 50.1 Å². The summed E-state index contributed by atoms with van der Waals surface area (Å²) in [6, 6.07) is 13.7. The Balaban J connectivity index is 1.61. The number of benzene rings is 2. The van der Waals surface area contributed by atoms with Crippen LogP contribution < -0.4 is 26.8 Å².